The van der Waals surface area contributed by atoms with Crippen molar-refractivity contribution in [2.75, 3.05) is 0 Å². The van der Waals surface area contributed by atoms with Crippen LogP contribution >= 0.6 is 0 Å². The van der Waals surface area contributed by atoms with Crippen LogP contribution in [0, 0.1) is 5.82 Å². The third-order valence-electron chi connectivity index (χ3n) is 4.30. The predicted molar refractivity (Wildman–Crippen MR) is 108 cm³/mol. The number of rotatable bonds is 8. The molecule has 0 bridgehead atoms. The average Bonchev–Trinajstić information content (AvgIpc) is 3.28. The molecule has 156 valence electrons. The molecule has 0 atom stereocenters. The molecule has 0 radical (unpaired) electrons. The summed E-state index contributed by atoms with van der Waals surface area (Å²) in [6.45, 7) is 0.188. The molecule has 1 aromatic carbocycles. The highest BCUT2D eigenvalue weighted by Gasteiger charge is 2.11. The van der Waals surface area contributed by atoms with E-state index in [1.165, 1.54) is 18.3 Å². The molecule has 4 aromatic rings. The number of halogens is 1. The van der Waals surface area contributed by atoms with Gasteiger partial charge in [0.2, 0.25) is 17.6 Å². The number of amides is 1. The van der Waals surface area contributed by atoms with E-state index in [-0.39, 0.29) is 24.6 Å². The highest BCUT2D eigenvalue weighted by Crippen LogP contribution is 2.24. The lowest BCUT2D eigenvalue weighted by Crippen LogP contribution is -2.23. The molecule has 0 aliphatic rings. The molecule has 0 fully saturated rings. The lowest BCUT2D eigenvalue weighted by molar-refractivity contribution is -0.121. The van der Waals surface area contributed by atoms with E-state index in [1.54, 1.807) is 42.9 Å². The molecule has 9 heteroatoms. The number of pyridine rings is 2. The van der Waals surface area contributed by atoms with Gasteiger partial charge in [0, 0.05) is 43.5 Å². The van der Waals surface area contributed by atoms with Crippen LogP contribution in [-0.4, -0.2) is 26.0 Å². The molecular formula is C22H18FN5O3. The topological polar surface area (TPSA) is 103 Å². The van der Waals surface area contributed by atoms with Gasteiger partial charge in [-0.1, -0.05) is 11.2 Å². The summed E-state index contributed by atoms with van der Waals surface area (Å²) in [5.41, 5.74) is 1.35. The molecule has 4 rings (SSSR count). The number of hydrogen-bond donors (Lipinski definition) is 1. The van der Waals surface area contributed by atoms with Crippen molar-refractivity contribution in [2.45, 2.75) is 19.4 Å². The SMILES string of the molecule is O=C(CCc1nc(-c2cccnc2)no1)NCc1ccc(Oc2cccnc2)c(F)c1. The van der Waals surface area contributed by atoms with Crippen LogP contribution in [0.1, 0.15) is 17.9 Å². The van der Waals surface area contributed by atoms with Crippen molar-refractivity contribution in [3.63, 3.8) is 0 Å². The lowest BCUT2D eigenvalue weighted by Gasteiger charge is -2.09. The van der Waals surface area contributed by atoms with Crippen LogP contribution in [0.2, 0.25) is 0 Å². The van der Waals surface area contributed by atoms with Crippen LogP contribution in [0.5, 0.6) is 11.5 Å². The maximum absolute atomic E-state index is 14.3. The molecule has 0 saturated carbocycles. The number of nitrogens with zero attached hydrogens (tertiary/aromatic N) is 4. The van der Waals surface area contributed by atoms with E-state index in [0.29, 0.717) is 29.4 Å². The molecular weight excluding hydrogens is 401 g/mol. The summed E-state index contributed by atoms with van der Waals surface area (Å²) in [6, 6.07) is 11.5. The first-order chi connectivity index (χ1) is 15.2. The molecule has 3 heterocycles. The van der Waals surface area contributed by atoms with Crippen molar-refractivity contribution in [1.29, 1.82) is 0 Å². The molecule has 8 nitrogen and oxygen atoms in total. The summed E-state index contributed by atoms with van der Waals surface area (Å²) in [7, 11) is 0. The Morgan fingerprint density at radius 1 is 1.10 bits per heavy atom. The van der Waals surface area contributed by atoms with Crippen molar-refractivity contribution in [1.82, 2.24) is 25.4 Å². The number of aromatic nitrogens is 4. The van der Waals surface area contributed by atoms with Crippen molar-refractivity contribution >= 4 is 5.91 Å². The standard InChI is InChI=1S/C22H18FN5O3/c23-18-11-15(5-6-19(18)30-17-4-2-10-25-14-17)12-26-20(29)7-8-21-27-22(28-31-21)16-3-1-9-24-13-16/h1-6,9-11,13-14H,7-8,12H2,(H,26,29). The van der Waals surface area contributed by atoms with Gasteiger partial charge < -0.3 is 14.6 Å². The van der Waals surface area contributed by atoms with Crippen LogP contribution in [0.25, 0.3) is 11.4 Å². The Balaban J connectivity index is 1.26. The molecule has 0 spiro atoms. The average molecular weight is 419 g/mol. The minimum absolute atomic E-state index is 0.0869. The Hall–Kier alpha value is -4.14. The highest BCUT2D eigenvalue weighted by molar-refractivity contribution is 5.76. The minimum Gasteiger partial charge on any atom is -0.453 e. The Morgan fingerprint density at radius 2 is 1.94 bits per heavy atom. The van der Waals surface area contributed by atoms with Gasteiger partial charge in [0.15, 0.2) is 11.6 Å². The fraction of sp³-hybridized carbons (Fsp3) is 0.136. The Labute approximate surface area is 177 Å². The summed E-state index contributed by atoms with van der Waals surface area (Å²) in [6.07, 6.45) is 6.85. The molecule has 1 amide bonds. The number of hydrogen-bond acceptors (Lipinski definition) is 7. The summed E-state index contributed by atoms with van der Waals surface area (Å²) in [5, 5.41) is 6.64. The molecule has 1 N–H and O–H groups in total. The first-order valence-corrected chi connectivity index (χ1v) is 9.53. The van der Waals surface area contributed by atoms with Crippen LogP contribution in [0.4, 0.5) is 4.39 Å². The number of ether oxygens (including phenoxy) is 1. The van der Waals surface area contributed by atoms with Gasteiger partial charge in [-0.2, -0.15) is 4.98 Å². The third-order valence-corrected chi connectivity index (χ3v) is 4.30. The number of carbonyl (C=O) groups excluding carboxylic acids is 1. The zero-order valence-corrected chi connectivity index (χ0v) is 16.4. The molecule has 0 unspecified atom stereocenters. The van der Waals surface area contributed by atoms with E-state index in [4.69, 9.17) is 9.26 Å². The fourth-order valence-corrected chi connectivity index (χ4v) is 2.75. The summed E-state index contributed by atoms with van der Waals surface area (Å²) in [5.74, 6) is 0.574. The van der Waals surface area contributed by atoms with Gasteiger partial charge in [0.05, 0.1) is 6.20 Å². The van der Waals surface area contributed by atoms with Crippen LogP contribution in [0.15, 0.2) is 71.8 Å². The van der Waals surface area contributed by atoms with Crippen molar-refractivity contribution < 1.29 is 18.4 Å². The molecule has 3 aromatic heterocycles. The van der Waals surface area contributed by atoms with E-state index in [0.717, 1.165) is 5.56 Å². The van der Waals surface area contributed by atoms with Gasteiger partial charge in [0.1, 0.15) is 5.75 Å². The lowest BCUT2D eigenvalue weighted by atomic mass is 10.2. The second-order valence-corrected chi connectivity index (χ2v) is 6.59. The first kappa shape index (κ1) is 20.1. The molecule has 0 saturated heterocycles. The van der Waals surface area contributed by atoms with Gasteiger partial charge in [0.25, 0.3) is 0 Å². The predicted octanol–water partition coefficient (Wildman–Crippen LogP) is 3.71. The van der Waals surface area contributed by atoms with E-state index < -0.39 is 5.82 Å². The highest BCUT2D eigenvalue weighted by atomic mass is 19.1. The normalized spacial score (nSPS) is 10.6. The quantitative estimate of drug-likeness (QED) is 0.464. The minimum atomic E-state index is -0.524. The number of benzene rings is 1. The number of carbonyl (C=O) groups is 1. The van der Waals surface area contributed by atoms with E-state index >= 15 is 0 Å². The molecule has 0 aliphatic carbocycles. The Kier molecular flexibility index (Phi) is 6.22. The van der Waals surface area contributed by atoms with Crippen molar-refractivity contribution in [3.8, 4) is 22.9 Å². The van der Waals surface area contributed by atoms with Gasteiger partial charge >= 0.3 is 0 Å². The largest absolute Gasteiger partial charge is 0.453 e. The molecule has 31 heavy (non-hydrogen) atoms. The summed E-state index contributed by atoms with van der Waals surface area (Å²) in [4.78, 5) is 24.3. The first-order valence-electron chi connectivity index (χ1n) is 9.53. The van der Waals surface area contributed by atoms with Crippen LogP contribution in [0.3, 0.4) is 0 Å². The number of aryl methyl sites for hydroxylation is 1. The third kappa shape index (κ3) is 5.47. The van der Waals surface area contributed by atoms with E-state index in [2.05, 4.69) is 25.4 Å². The van der Waals surface area contributed by atoms with Gasteiger partial charge in [-0.05, 0) is 42.0 Å². The van der Waals surface area contributed by atoms with Gasteiger partial charge in [-0.15, -0.1) is 0 Å². The van der Waals surface area contributed by atoms with E-state index in [9.17, 15) is 9.18 Å². The van der Waals surface area contributed by atoms with Crippen molar-refractivity contribution in [3.05, 3.63) is 84.5 Å². The zero-order chi connectivity index (χ0) is 21.5. The van der Waals surface area contributed by atoms with Crippen molar-refractivity contribution in [2.24, 2.45) is 0 Å². The monoisotopic (exact) mass is 419 g/mol. The second-order valence-electron chi connectivity index (χ2n) is 6.59. The van der Waals surface area contributed by atoms with Crippen LogP contribution in [-0.2, 0) is 17.8 Å². The maximum Gasteiger partial charge on any atom is 0.227 e. The van der Waals surface area contributed by atoms with Gasteiger partial charge in [-0.3, -0.25) is 14.8 Å². The zero-order valence-electron chi connectivity index (χ0n) is 16.4. The number of nitrogens with one attached hydrogen (secondary N) is 1. The Bertz CT molecular complexity index is 1150. The maximum atomic E-state index is 14.3. The summed E-state index contributed by atoms with van der Waals surface area (Å²) < 4.78 is 24.9. The summed E-state index contributed by atoms with van der Waals surface area (Å²) >= 11 is 0. The second kappa shape index (κ2) is 9.57. The Morgan fingerprint density at radius 3 is 2.68 bits per heavy atom. The van der Waals surface area contributed by atoms with Crippen LogP contribution < -0.4 is 10.1 Å². The molecule has 0 aliphatic heterocycles. The van der Waals surface area contributed by atoms with Gasteiger partial charge in [-0.25, -0.2) is 4.39 Å². The van der Waals surface area contributed by atoms with E-state index in [1.807, 2.05) is 6.07 Å². The smallest absolute Gasteiger partial charge is 0.227 e. The fourth-order valence-electron chi connectivity index (χ4n) is 2.75.